The summed E-state index contributed by atoms with van der Waals surface area (Å²) in [6.45, 7) is -0.724. The molecule has 0 spiro atoms. The third-order valence-electron chi connectivity index (χ3n) is 12.5. The van der Waals surface area contributed by atoms with Crippen LogP contribution in [0.5, 0.6) is 0 Å². The van der Waals surface area contributed by atoms with Crippen LogP contribution in [0.25, 0.3) is 33.5 Å². The second kappa shape index (κ2) is 19.9. The fraction of sp³-hybridized carbons (Fsp3) is 0.429. The number of hydrogen-bond acceptors (Lipinski definition) is 14. The molecule has 64 heavy (non-hydrogen) atoms. The third kappa shape index (κ3) is 9.90. The maximum Gasteiger partial charge on any atom is 1.00 e. The summed E-state index contributed by atoms with van der Waals surface area (Å²) in [4.78, 5) is 9.78. The number of nitrogens with zero attached hydrogens (tertiary/aromatic N) is 6. The summed E-state index contributed by atoms with van der Waals surface area (Å²) < 4.78 is 75.8. The van der Waals surface area contributed by atoms with Gasteiger partial charge in [0.05, 0.1) is 40.6 Å². The number of anilines is 2. The van der Waals surface area contributed by atoms with Gasteiger partial charge in [0.15, 0.2) is 21.1 Å². The first-order valence-electron chi connectivity index (χ1n) is 20.6. The zero-order valence-electron chi connectivity index (χ0n) is 35.5. The van der Waals surface area contributed by atoms with E-state index < -0.39 is 39.2 Å². The molecule has 4 aliphatic heterocycles. The normalized spacial score (nSPS) is 22.9. The van der Waals surface area contributed by atoms with Gasteiger partial charge in [0.1, 0.15) is 28.2 Å². The number of nitrogens with one attached hydrogen (secondary N) is 2. The first-order valence-corrected chi connectivity index (χ1v) is 25.0. The second-order valence-corrected chi connectivity index (χ2v) is 20.5. The maximum atomic E-state index is 14.3. The van der Waals surface area contributed by atoms with Gasteiger partial charge in [-0.05, 0) is 103 Å². The Labute approximate surface area is 407 Å². The van der Waals surface area contributed by atoms with Crippen molar-refractivity contribution in [3.63, 3.8) is 0 Å². The molecule has 336 valence electrons. The second-order valence-electron chi connectivity index (χ2n) is 16.7. The average molecular weight is 1040 g/mol. The van der Waals surface area contributed by atoms with E-state index >= 15 is 0 Å². The molecule has 4 aromatic heterocycles. The molecule has 8 N–H and O–H groups in total. The van der Waals surface area contributed by atoms with Gasteiger partial charge in [0.2, 0.25) is 0 Å². The molecule has 2 aromatic carbocycles. The number of rotatable bonds is 7. The molecule has 10 rings (SSSR count). The van der Waals surface area contributed by atoms with E-state index in [0.717, 1.165) is 65.9 Å². The van der Waals surface area contributed by atoms with Crippen molar-refractivity contribution in [2.75, 3.05) is 24.0 Å². The van der Waals surface area contributed by atoms with Gasteiger partial charge in [-0.2, -0.15) is 19.2 Å². The summed E-state index contributed by atoms with van der Waals surface area (Å²) in [6.07, 6.45) is 13.7. The molecule has 3 unspecified atom stereocenters. The molecule has 0 aliphatic carbocycles. The average Bonchev–Trinajstić information content (AvgIpc) is 4.03. The maximum absolute atomic E-state index is 14.3. The summed E-state index contributed by atoms with van der Waals surface area (Å²) in [5.41, 5.74) is 18.2. The van der Waals surface area contributed by atoms with Crippen molar-refractivity contribution < 1.29 is 65.7 Å². The van der Waals surface area contributed by atoms with Crippen molar-refractivity contribution in [2.24, 2.45) is 0 Å². The topological polar surface area (TPSA) is 251 Å². The van der Waals surface area contributed by atoms with Crippen LogP contribution < -0.4 is 51.7 Å². The predicted octanol–water partition coefficient (Wildman–Crippen LogP) is 1.72. The first-order chi connectivity index (χ1) is 30.0. The van der Waals surface area contributed by atoms with Gasteiger partial charge in [-0.25, -0.2) is 27.2 Å². The number of nitrogens with two attached hydrogens (primary N) is 2. The van der Waals surface area contributed by atoms with E-state index in [1.165, 1.54) is 41.8 Å². The summed E-state index contributed by atoms with van der Waals surface area (Å²) in [5, 5.41) is 34.3. The largest absolute Gasteiger partial charge is 1.00 e. The minimum absolute atomic E-state index is 0. The van der Waals surface area contributed by atoms with E-state index in [1.807, 2.05) is 0 Å². The Balaban J connectivity index is 0.000000175. The molecule has 4 fully saturated rings. The van der Waals surface area contributed by atoms with Crippen molar-refractivity contribution in [1.29, 1.82) is 0 Å². The van der Waals surface area contributed by atoms with Gasteiger partial charge >= 0.3 is 29.6 Å². The van der Waals surface area contributed by atoms with Crippen LogP contribution in [-0.2, 0) is 34.1 Å². The molecule has 4 bridgehead atoms. The predicted molar refractivity (Wildman–Crippen MR) is 242 cm³/mol. The van der Waals surface area contributed by atoms with E-state index in [1.54, 1.807) is 28.9 Å². The first kappa shape index (κ1) is 48.7. The summed E-state index contributed by atoms with van der Waals surface area (Å²) in [6, 6.07) is 11.1. The molecule has 16 nitrogen and oxygen atoms in total. The minimum Gasteiger partial charge on any atom is -0.773 e. The molecule has 4 aliphatic rings. The van der Waals surface area contributed by atoms with E-state index in [0.29, 0.717) is 69.6 Å². The Bertz CT molecular complexity index is 2820. The van der Waals surface area contributed by atoms with E-state index in [2.05, 4.69) is 43.4 Å². The van der Waals surface area contributed by atoms with Crippen LogP contribution in [0.4, 0.5) is 20.4 Å². The zero-order chi connectivity index (χ0) is 44.9. The zero-order valence-corrected chi connectivity index (χ0v) is 41.3. The molecular formula is C42H48F2IN10NaO6S2. The van der Waals surface area contributed by atoms with Crippen LogP contribution in [0.15, 0.2) is 53.7 Å². The van der Waals surface area contributed by atoms with Crippen LogP contribution in [0.2, 0.25) is 0 Å². The van der Waals surface area contributed by atoms with Crippen LogP contribution in [0.3, 0.4) is 0 Å². The van der Waals surface area contributed by atoms with Crippen LogP contribution in [-0.4, -0.2) is 93.3 Å². The van der Waals surface area contributed by atoms with Crippen LogP contribution >= 0.6 is 22.6 Å². The van der Waals surface area contributed by atoms with Gasteiger partial charge < -0.3 is 36.9 Å². The molecule has 0 amide bonds. The summed E-state index contributed by atoms with van der Waals surface area (Å²) >= 11 is 0.411. The molecule has 22 heteroatoms. The van der Waals surface area contributed by atoms with Gasteiger partial charge in [0.25, 0.3) is 0 Å². The number of aliphatic hydroxyl groups is 2. The van der Waals surface area contributed by atoms with Crippen molar-refractivity contribution in [3.8, 4) is 22.3 Å². The minimum atomic E-state index is -3.65. The Kier molecular flexibility index (Phi) is 15.2. The van der Waals surface area contributed by atoms with Gasteiger partial charge in [0, 0.05) is 64.5 Å². The van der Waals surface area contributed by atoms with Gasteiger partial charge in [-0.3, -0.25) is 4.21 Å². The quantitative estimate of drug-likeness (QED) is 0.0758. The molecule has 4 saturated heterocycles. The number of sulfone groups is 1. The SMILES string of the molecule is CS(=O)(=O)c1c(C2C[C@H]3CC[C@@H](C2)N3)nc2c(-c3ccc(CO)c(F)c3)cnn2c1N.CS(=O)[O-].Nc1c(I)c(C2C[C@H]3CC[C@@H](C2)N3)nc2c(-c3ccc(CO)c(F)c3)cnn12.[Na+]. The van der Waals surface area contributed by atoms with Gasteiger partial charge in [-0.1, -0.05) is 35.3 Å². The molecule has 0 saturated carbocycles. The Morgan fingerprint density at radius 3 is 1.56 bits per heavy atom. The summed E-state index contributed by atoms with van der Waals surface area (Å²) in [5.74, 6) is -0.0401. The molecule has 0 radical (unpaired) electrons. The fourth-order valence-electron chi connectivity index (χ4n) is 9.61. The molecule has 7 atom stereocenters. The van der Waals surface area contributed by atoms with Crippen LogP contribution in [0.1, 0.15) is 85.7 Å². The number of halogens is 3. The number of aliphatic hydroxyl groups excluding tert-OH is 2. The number of hydrogen-bond donors (Lipinski definition) is 6. The van der Waals surface area contributed by atoms with E-state index in [-0.39, 0.29) is 63.9 Å². The van der Waals surface area contributed by atoms with Crippen LogP contribution in [0, 0.1) is 15.2 Å². The number of nitrogen functional groups attached to an aromatic ring is 2. The Morgan fingerprint density at radius 2 is 1.17 bits per heavy atom. The van der Waals surface area contributed by atoms with E-state index in [4.69, 9.17) is 30.2 Å². The molecular weight excluding hydrogens is 993 g/mol. The standard InChI is InChI=1S/C21H24FN5O3S.C20H21FIN5O.CH4O2S.Na/c1-31(29,30)19-18(13-6-14-4-5-15(7-13)25-14)26-21-16(9-24-27(21)20(19)23)11-2-3-12(10-28)17(22)8-11;21-16-7-10(1-2-11(16)9-28)15-8-24-27-19(23)17(22)18(26-20(15)27)12-5-13-3-4-14(6-12)25-13;1-4(2)3;/h2-3,8-9,13-15,25,28H,4-7,10,23H2,1H3;1-2,7-8,12-14,25,28H,3-6,9,23H2;1H3,(H,2,3);/q;;;+1/p-1/t13?,14-,15+;12?,13-,14+;;. The number of benzene rings is 2. The van der Waals surface area contributed by atoms with Crippen molar-refractivity contribution in [3.05, 3.63) is 86.5 Å². The Hall–Kier alpha value is -3.23. The number of piperidine rings is 2. The van der Waals surface area contributed by atoms with E-state index in [9.17, 15) is 27.4 Å². The van der Waals surface area contributed by atoms with Gasteiger partial charge in [-0.15, -0.1) is 0 Å². The fourth-order valence-corrected chi connectivity index (χ4v) is 11.5. The summed E-state index contributed by atoms with van der Waals surface area (Å²) in [7, 11) is -3.65. The number of aromatic nitrogens is 6. The molecule has 8 heterocycles. The smallest absolute Gasteiger partial charge is 0.773 e. The monoisotopic (exact) mass is 1040 g/mol. The number of fused-ring (bicyclic) bond motifs is 6. The van der Waals surface area contributed by atoms with Crippen molar-refractivity contribution in [2.45, 2.75) is 105 Å². The molecule has 6 aromatic rings. The Morgan fingerprint density at radius 1 is 0.781 bits per heavy atom. The third-order valence-corrected chi connectivity index (χ3v) is 14.7. The van der Waals surface area contributed by atoms with Crippen molar-refractivity contribution in [1.82, 2.24) is 39.8 Å². The van der Waals surface area contributed by atoms with Crippen molar-refractivity contribution >= 4 is 66.4 Å².